The third-order valence-electron chi connectivity index (χ3n) is 9.18. The van der Waals surface area contributed by atoms with E-state index in [1.165, 1.54) is 0 Å². The molecule has 0 amide bonds. The van der Waals surface area contributed by atoms with Gasteiger partial charge in [0.05, 0.1) is 23.9 Å². The van der Waals surface area contributed by atoms with E-state index in [4.69, 9.17) is 14.2 Å². The topological polar surface area (TPSA) is 85.4 Å². The van der Waals surface area contributed by atoms with Gasteiger partial charge < -0.3 is 19.3 Å². The molecular weight excluding hydrogens is 540 g/mol. The fourth-order valence-electron chi connectivity index (χ4n) is 5.90. The Morgan fingerprint density at radius 3 is 2.53 bits per heavy atom. The van der Waals surface area contributed by atoms with Gasteiger partial charge in [-0.2, -0.15) is 0 Å². The molecule has 0 radical (unpaired) electrons. The van der Waals surface area contributed by atoms with E-state index in [0.29, 0.717) is 12.0 Å². The summed E-state index contributed by atoms with van der Waals surface area (Å²) in [7, 11) is 0. The predicted octanol–water partition coefficient (Wildman–Crippen LogP) is 7.87. The average Bonchev–Trinajstić information content (AvgIpc) is 3.74. The molecule has 0 aromatic heterocycles. The number of allylic oxidation sites excluding steroid dienone is 3. The van der Waals surface area contributed by atoms with E-state index in [2.05, 4.69) is 40.7 Å². The van der Waals surface area contributed by atoms with Crippen LogP contribution in [0.25, 0.3) is 0 Å². The Morgan fingerprint density at radius 2 is 1.86 bits per heavy atom. The molecule has 2 aliphatic heterocycles. The molecule has 9 atom stereocenters. The van der Waals surface area contributed by atoms with Gasteiger partial charge in [0.15, 0.2) is 0 Å². The number of carbonyl (C=O) groups excluding carboxylic acids is 2. The smallest absolute Gasteiger partial charge is 0.338 e. The number of hydrogen-bond donors (Lipinski definition) is 1. The SMILES string of the molecule is CCC(OC(=O)c1ccccc1)C(C)C1OC1CC(C)/C=C/C=C(\C)C1OC(=O)CC(C)CCC(C)(C)C(O)/C=C/C1C. The molecule has 2 aliphatic rings. The molecule has 6 nitrogen and oxygen atoms in total. The van der Waals surface area contributed by atoms with E-state index in [0.717, 1.165) is 31.3 Å². The number of aliphatic hydroxyl groups excluding tert-OH is 1. The molecule has 1 aromatic rings. The van der Waals surface area contributed by atoms with Crippen molar-refractivity contribution in [1.29, 1.82) is 0 Å². The van der Waals surface area contributed by atoms with Crippen molar-refractivity contribution in [1.82, 2.24) is 0 Å². The highest BCUT2D eigenvalue weighted by atomic mass is 16.6. The van der Waals surface area contributed by atoms with Crippen LogP contribution in [0.2, 0.25) is 0 Å². The molecule has 1 N–H and O–H groups in total. The number of rotatable bonds is 10. The van der Waals surface area contributed by atoms with Gasteiger partial charge in [-0.3, -0.25) is 4.79 Å². The van der Waals surface area contributed by atoms with Crippen molar-refractivity contribution < 1.29 is 28.9 Å². The lowest BCUT2D eigenvalue weighted by atomic mass is 9.79. The number of cyclic esters (lactones) is 1. The Kier molecular flexibility index (Phi) is 12.8. The van der Waals surface area contributed by atoms with Gasteiger partial charge >= 0.3 is 11.9 Å². The number of esters is 2. The third-order valence-corrected chi connectivity index (χ3v) is 9.18. The lowest BCUT2D eigenvalue weighted by Crippen LogP contribution is -2.31. The quantitative estimate of drug-likeness (QED) is 0.128. The summed E-state index contributed by atoms with van der Waals surface area (Å²) in [6.45, 7) is 16.6. The van der Waals surface area contributed by atoms with Gasteiger partial charge in [-0.05, 0) is 67.6 Å². The Bertz CT molecular complexity index is 1140. The summed E-state index contributed by atoms with van der Waals surface area (Å²) in [5, 5.41) is 10.8. The average molecular weight is 595 g/mol. The van der Waals surface area contributed by atoms with E-state index in [9.17, 15) is 14.7 Å². The molecule has 0 bridgehead atoms. The molecule has 0 aliphatic carbocycles. The summed E-state index contributed by atoms with van der Waals surface area (Å²) < 4.78 is 17.9. The number of epoxide rings is 1. The summed E-state index contributed by atoms with van der Waals surface area (Å²) in [6, 6.07) is 9.11. The van der Waals surface area contributed by atoms with Crippen LogP contribution in [0, 0.1) is 29.1 Å². The maximum Gasteiger partial charge on any atom is 0.338 e. The summed E-state index contributed by atoms with van der Waals surface area (Å²) in [4.78, 5) is 25.4. The van der Waals surface area contributed by atoms with Crippen LogP contribution in [0.3, 0.4) is 0 Å². The van der Waals surface area contributed by atoms with E-state index >= 15 is 0 Å². The normalized spacial score (nSPS) is 31.2. The Morgan fingerprint density at radius 1 is 1.16 bits per heavy atom. The van der Waals surface area contributed by atoms with Crippen LogP contribution in [-0.4, -0.2) is 47.6 Å². The molecule has 6 heteroatoms. The van der Waals surface area contributed by atoms with E-state index in [-0.39, 0.29) is 59.3 Å². The highest BCUT2D eigenvalue weighted by Crippen LogP contribution is 2.38. The predicted molar refractivity (Wildman–Crippen MR) is 171 cm³/mol. The van der Waals surface area contributed by atoms with Gasteiger partial charge in [-0.1, -0.05) is 97.0 Å². The minimum atomic E-state index is -0.553. The lowest BCUT2D eigenvalue weighted by molar-refractivity contribution is -0.149. The molecular formula is C37H54O6. The maximum atomic E-state index is 12.8. The van der Waals surface area contributed by atoms with Crippen LogP contribution >= 0.6 is 0 Å². The van der Waals surface area contributed by atoms with Crippen molar-refractivity contribution in [3.05, 3.63) is 71.8 Å². The van der Waals surface area contributed by atoms with Crippen LogP contribution in [0.1, 0.15) is 97.9 Å². The minimum absolute atomic E-state index is 0.0733. The molecule has 1 saturated heterocycles. The van der Waals surface area contributed by atoms with Crippen LogP contribution in [0.4, 0.5) is 0 Å². The standard InChI is InChI=1S/C37H54O6/c1-9-30(42-36(40)29-16-11-10-12-17-29)28(6)35-31(41-35)22-24(2)14-13-15-26(4)34-27(5)18-19-32(38)37(7,8)21-20-25(3)23-33(39)43-34/h10-19,24-25,27-28,30-32,34-35,38H,9,20-23H2,1-8H3/b14-13+,19-18+,26-15+. The third kappa shape index (κ3) is 10.5. The number of ether oxygens (including phenoxy) is 3. The van der Waals surface area contributed by atoms with Crippen molar-refractivity contribution in [2.24, 2.45) is 29.1 Å². The van der Waals surface area contributed by atoms with E-state index in [1.807, 2.05) is 63.3 Å². The van der Waals surface area contributed by atoms with Gasteiger partial charge in [0, 0.05) is 18.3 Å². The largest absolute Gasteiger partial charge is 0.458 e. The monoisotopic (exact) mass is 594 g/mol. The lowest BCUT2D eigenvalue weighted by Gasteiger charge is -2.31. The molecule has 2 heterocycles. The van der Waals surface area contributed by atoms with Gasteiger partial charge in [0.1, 0.15) is 12.2 Å². The van der Waals surface area contributed by atoms with Gasteiger partial charge in [-0.25, -0.2) is 4.79 Å². The second-order valence-electron chi connectivity index (χ2n) is 13.7. The minimum Gasteiger partial charge on any atom is -0.458 e. The zero-order valence-electron chi connectivity index (χ0n) is 27.5. The summed E-state index contributed by atoms with van der Waals surface area (Å²) in [6.07, 6.45) is 12.8. The highest BCUT2D eigenvalue weighted by molar-refractivity contribution is 5.89. The van der Waals surface area contributed by atoms with Crippen LogP contribution in [0.15, 0.2) is 66.3 Å². The Labute approximate surface area is 259 Å². The van der Waals surface area contributed by atoms with Gasteiger partial charge in [0.2, 0.25) is 0 Å². The van der Waals surface area contributed by atoms with Crippen molar-refractivity contribution in [2.45, 2.75) is 118 Å². The summed E-state index contributed by atoms with van der Waals surface area (Å²) >= 11 is 0. The first-order valence-electron chi connectivity index (χ1n) is 16.1. The molecule has 238 valence electrons. The highest BCUT2D eigenvalue weighted by Gasteiger charge is 2.46. The van der Waals surface area contributed by atoms with Crippen molar-refractivity contribution in [3.8, 4) is 0 Å². The second-order valence-corrected chi connectivity index (χ2v) is 13.7. The van der Waals surface area contributed by atoms with Crippen LogP contribution in [0.5, 0.6) is 0 Å². The first-order chi connectivity index (χ1) is 20.3. The number of carbonyl (C=O) groups is 2. The molecule has 43 heavy (non-hydrogen) atoms. The van der Waals surface area contributed by atoms with Gasteiger partial charge in [0.25, 0.3) is 0 Å². The van der Waals surface area contributed by atoms with Crippen molar-refractivity contribution >= 4 is 11.9 Å². The second kappa shape index (κ2) is 15.9. The maximum absolute atomic E-state index is 12.8. The summed E-state index contributed by atoms with van der Waals surface area (Å²) in [5.41, 5.74) is 1.28. The molecule has 9 unspecified atom stereocenters. The van der Waals surface area contributed by atoms with Crippen molar-refractivity contribution in [2.75, 3.05) is 0 Å². The Balaban J connectivity index is 1.57. The van der Waals surface area contributed by atoms with Crippen molar-refractivity contribution in [3.63, 3.8) is 0 Å². The van der Waals surface area contributed by atoms with Crippen LogP contribution < -0.4 is 0 Å². The first-order valence-corrected chi connectivity index (χ1v) is 16.1. The molecule has 1 aromatic carbocycles. The molecule has 0 spiro atoms. The number of aliphatic hydroxyl groups is 1. The first kappa shape index (κ1) is 34.8. The van der Waals surface area contributed by atoms with Gasteiger partial charge in [-0.15, -0.1) is 0 Å². The zero-order valence-corrected chi connectivity index (χ0v) is 27.5. The van der Waals surface area contributed by atoms with Crippen LogP contribution in [-0.2, 0) is 19.0 Å². The molecule has 1 fully saturated rings. The Hall–Kier alpha value is -2.70. The number of hydrogen-bond acceptors (Lipinski definition) is 6. The molecule has 3 rings (SSSR count). The zero-order chi connectivity index (χ0) is 31.7. The fourth-order valence-corrected chi connectivity index (χ4v) is 5.90. The summed E-state index contributed by atoms with van der Waals surface area (Å²) in [5.74, 6) is 0.0544. The van der Waals surface area contributed by atoms with E-state index < -0.39 is 12.2 Å². The molecule has 0 saturated carbocycles. The number of benzene rings is 1. The fraction of sp³-hybridized carbons (Fsp3) is 0.622. The van der Waals surface area contributed by atoms with E-state index in [1.54, 1.807) is 12.1 Å².